The van der Waals surface area contributed by atoms with Gasteiger partial charge in [-0.15, -0.1) is 11.3 Å². The van der Waals surface area contributed by atoms with Crippen LogP contribution in [-0.2, 0) is 9.53 Å². The van der Waals surface area contributed by atoms with E-state index in [2.05, 4.69) is 25.2 Å². The van der Waals surface area contributed by atoms with Gasteiger partial charge < -0.3 is 19.9 Å². The van der Waals surface area contributed by atoms with Crippen molar-refractivity contribution in [3.8, 4) is 11.4 Å². The Morgan fingerprint density at radius 3 is 2.69 bits per heavy atom. The number of imidazole rings is 1. The summed E-state index contributed by atoms with van der Waals surface area (Å²) in [6, 6.07) is 11.1. The number of carbonyl (C=O) groups excluding carboxylic acids is 2. The molecule has 2 aromatic carbocycles. The van der Waals surface area contributed by atoms with Crippen LogP contribution >= 0.6 is 22.9 Å². The predicted octanol–water partition coefficient (Wildman–Crippen LogP) is 5.35. The molecule has 1 unspecified atom stereocenters. The maximum atomic E-state index is 14.0. The number of hydrogen-bond donors (Lipinski definition) is 2. The molecule has 8 rings (SSSR count). The summed E-state index contributed by atoms with van der Waals surface area (Å²) in [6.07, 6.45) is 6.02. The zero-order valence-electron chi connectivity index (χ0n) is 26.0. The number of urea groups is 1. The summed E-state index contributed by atoms with van der Waals surface area (Å²) in [4.78, 5) is 50.1. The minimum atomic E-state index is -0.838. The number of aliphatic imine (C=N–C) groups is 1. The number of methoxy groups -OCH3 is 1. The second-order valence-corrected chi connectivity index (χ2v) is 13.7. The molecule has 2 aromatic heterocycles. The van der Waals surface area contributed by atoms with Crippen LogP contribution in [0.4, 0.5) is 14.9 Å². The number of nitrogens with zero attached hydrogens (tertiary/aromatic N) is 6. The Morgan fingerprint density at radius 1 is 1.12 bits per heavy atom. The van der Waals surface area contributed by atoms with Gasteiger partial charge in [0.25, 0.3) is 0 Å². The molecule has 1 saturated carbocycles. The summed E-state index contributed by atoms with van der Waals surface area (Å²) < 4.78 is 19.2. The molecule has 0 radical (unpaired) electrons. The first kappa shape index (κ1) is 30.7. The highest BCUT2D eigenvalue weighted by Crippen LogP contribution is 2.40. The SMILES string of the molecule is COC(=O)C1=C(CN2CCN3C(=O)N(c4ccc(-c5ncc(C6CC6)[nH]5)cc4)C[C@@H]3C2)NC(c2nccs2)=NC1c1ccc(F)cc1Cl. The molecular weight excluding hydrogens is 655 g/mol. The number of anilines is 1. The van der Waals surface area contributed by atoms with Crippen LogP contribution in [-0.4, -0.2) is 88.5 Å². The van der Waals surface area contributed by atoms with Crippen LogP contribution in [0.25, 0.3) is 11.4 Å². The maximum Gasteiger partial charge on any atom is 0.338 e. The summed E-state index contributed by atoms with van der Waals surface area (Å²) in [6.45, 7) is 2.64. The number of aromatic nitrogens is 3. The summed E-state index contributed by atoms with van der Waals surface area (Å²) >= 11 is 7.91. The molecule has 2 saturated heterocycles. The van der Waals surface area contributed by atoms with Gasteiger partial charge in [-0.05, 0) is 49.2 Å². The van der Waals surface area contributed by atoms with Gasteiger partial charge in [-0.2, -0.15) is 0 Å². The van der Waals surface area contributed by atoms with Crippen LogP contribution in [0.1, 0.15) is 41.1 Å². The van der Waals surface area contributed by atoms with Crippen molar-refractivity contribution in [1.82, 2.24) is 30.1 Å². The van der Waals surface area contributed by atoms with Gasteiger partial charge in [-0.3, -0.25) is 14.8 Å². The number of rotatable bonds is 8. The number of esters is 1. The number of fused-ring (bicyclic) bond motifs is 1. The molecule has 11 nitrogen and oxygen atoms in total. The van der Waals surface area contributed by atoms with Crippen LogP contribution in [0.15, 0.2) is 76.5 Å². The lowest BCUT2D eigenvalue weighted by molar-refractivity contribution is -0.136. The standard InChI is InChI=1S/C34H32ClFN8O3S/c1-47-33(45)28-27(40-31(32-37-10-13-48-32)41-29(28)24-9-6-21(36)14-25(24)35)18-42-11-12-43-23(16-42)17-44(34(43)46)22-7-4-20(5-8-22)30-38-15-26(39-30)19-2-3-19/h4-10,13-15,19,23,29H,2-3,11-12,16-18H2,1H3,(H,38,39)(H,40,41)/t23-,29?/m0/s1. The van der Waals surface area contributed by atoms with Crippen LogP contribution in [0.2, 0.25) is 5.02 Å². The van der Waals surface area contributed by atoms with Gasteiger partial charge in [0, 0.05) is 89.6 Å². The molecule has 246 valence electrons. The fourth-order valence-corrected chi connectivity index (χ4v) is 7.56. The van der Waals surface area contributed by atoms with Gasteiger partial charge in [0.15, 0.2) is 10.8 Å². The number of amides is 2. The third kappa shape index (κ3) is 5.75. The quantitative estimate of drug-likeness (QED) is 0.240. The van der Waals surface area contributed by atoms with Crippen molar-refractivity contribution in [2.45, 2.75) is 30.8 Å². The lowest BCUT2D eigenvalue weighted by Crippen LogP contribution is -2.53. The van der Waals surface area contributed by atoms with E-state index in [-0.39, 0.29) is 17.1 Å². The van der Waals surface area contributed by atoms with Crippen molar-refractivity contribution in [3.63, 3.8) is 0 Å². The molecule has 3 fully saturated rings. The van der Waals surface area contributed by atoms with E-state index in [0.29, 0.717) is 66.3 Å². The zero-order chi connectivity index (χ0) is 32.9. The number of hydrogen-bond acceptors (Lipinski definition) is 9. The van der Waals surface area contributed by atoms with Gasteiger partial charge >= 0.3 is 12.0 Å². The molecule has 48 heavy (non-hydrogen) atoms. The van der Waals surface area contributed by atoms with Gasteiger partial charge in [0.2, 0.25) is 0 Å². The predicted molar refractivity (Wildman–Crippen MR) is 181 cm³/mol. The molecule has 14 heteroatoms. The molecule has 4 aromatic rings. The Balaban J connectivity index is 1.03. The number of halogens is 2. The second kappa shape index (κ2) is 12.5. The molecule has 2 N–H and O–H groups in total. The minimum absolute atomic E-state index is 0.0177. The fourth-order valence-electron chi connectivity index (χ4n) is 6.71. The van der Waals surface area contributed by atoms with E-state index in [4.69, 9.17) is 21.3 Å². The second-order valence-electron chi connectivity index (χ2n) is 12.4. The number of nitrogens with one attached hydrogen (secondary N) is 2. The Kier molecular flexibility index (Phi) is 7.97. The number of aromatic amines is 1. The highest BCUT2D eigenvalue weighted by atomic mass is 35.5. The summed E-state index contributed by atoms with van der Waals surface area (Å²) in [5.41, 5.74) is 4.38. The average Bonchev–Trinajstić information content (AvgIpc) is 3.44. The number of ether oxygens (including phenoxy) is 1. The fraction of sp³-hybridized carbons (Fsp3) is 0.324. The Bertz CT molecular complexity index is 1940. The average molecular weight is 687 g/mol. The number of piperazine rings is 1. The highest BCUT2D eigenvalue weighted by Gasteiger charge is 2.42. The largest absolute Gasteiger partial charge is 0.466 e. The normalized spacial score (nSPS) is 21.3. The van der Waals surface area contributed by atoms with Crippen molar-refractivity contribution in [3.05, 3.63) is 98.6 Å². The molecule has 2 atom stereocenters. The van der Waals surface area contributed by atoms with E-state index < -0.39 is 17.8 Å². The monoisotopic (exact) mass is 686 g/mol. The Hall–Kier alpha value is -4.59. The highest BCUT2D eigenvalue weighted by molar-refractivity contribution is 7.11. The van der Waals surface area contributed by atoms with Crippen molar-refractivity contribution in [2.75, 3.05) is 44.7 Å². The minimum Gasteiger partial charge on any atom is -0.466 e. The van der Waals surface area contributed by atoms with E-state index in [1.807, 2.05) is 45.6 Å². The van der Waals surface area contributed by atoms with Gasteiger partial charge in [0.05, 0.1) is 18.7 Å². The van der Waals surface area contributed by atoms with Crippen molar-refractivity contribution in [1.29, 1.82) is 0 Å². The van der Waals surface area contributed by atoms with Gasteiger partial charge in [-0.25, -0.2) is 23.9 Å². The van der Waals surface area contributed by atoms with E-state index in [0.717, 1.165) is 17.1 Å². The van der Waals surface area contributed by atoms with Crippen LogP contribution in [0.5, 0.6) is 0 Å². The lowest BCUT2D eigenvalue weighted by Gasteiger charge is -2.38. The molecular formula is C34H32ClFN8O3S. The molecule has 2 amide bonds. The van der Waals surface area contributed by atoms with Crippen LogP contribution in [0, 0.1) is 5.82 Å². The number of amidine groups is 1. The van der Waals surface area contributed by atoms with E-state index >= 15 is 0 Å². The Morgan fingerprint density at radius 2 is 1.96 bits per heavy atom. The summed E-state index contributed by atoms with van der Waals surface area (Å²) in [7, 11) is 1.32. The van der Waals surface area contributed by atoms with E-state index in [1.54, 1.807) is 12.3 Å². The summed E-state index contributed by atoms with van der Waals surface area (Å²) in [5.74, 6) is 0.880. The molecule has 0 spiro atoms. The third-order valence-corrected chi connectivity index (χ3v) is 10.4. The maximum absolute atomic E-state index is 14.0. The van der Waals surface area contributed by atoms with Crippen molar-refractivity contribution >= 4 is 46.5 Å². The topological polar surface area (TPSA) is 119 Å². The first-order valence-electron chi connectivity index (χ1n) is 15.8. The molecule has 5 heterocycles. The molecule has 4 aliphatic rings. The summed E-state index contributed by atoms with van der Waals surface area (Å²) in [5, 5.41) is 5.99. The van der Waals surface area contributed by atoms with Gasteiger partial charge in [0.1, 0.15) is 17.7 Å². The van der Waals surface area contributed by atoms with Crippen LogP contribution < -0.4 is 10.2 Å². The van der Waals surface area contributed by atoms with Crippen LogP contribution in [0.3, 0.4) is 0 Å². The molecule has 0 bridgehead atoms. The third-order valence-electron chi connectivity index (χ3n) is 9.31. The van der Waals surface area contributed by atoms with Crippen molar-refractivity contribution < 1.29 is 18.7 Å². The smallest absolute Gasteiger partial charge is 0.338 e. The van der Waals surface area contributed by atoms with Gasteiger partial charge in [-0.1, -0.05) is 17.7 Å². The number of thiazole rings is 1. The first-order valence-corrected chi connectivity index (χ1v) is 17.1. The van der Waals surface area contributed by atoms with Crippen molar-refractivity contribution in [2.24, 2.45) is 4.99 Å². The van der Waals surface area contributed by atoms with E-state index in [9.17, 15) is 14.0 Å². The molecule has 1 aliphatic carbocycles. The number of H-pyrrole nitrogens is 1. The van der Waals surface area contributed by atoms with E-state index in [1.165, 1.54) is 49.1 Å². The number of carbonyl (C=O) groups is 2. The lowest BCUT2D eigenvalue weighted by atomic mass is 9.95. The zero-order valence-corrected chi connectivity index (χ0v) is 27.6. The molecule has 3 aliphatic heterocycles. The Labute approximate surface area is 285 Å². The number of benzene rings is 2. The first-order chi connectivity index (χ1) is 23.4.